The highest BCUT2D eigenvalue weighted by atomic mass is 35.5. The first kappa shape index (κ1) is 17.7. The van der Waals surface area contributed by atoms with Crippen LogP contribution in [0.1, 0.15) is 25.5 Å². The first-order chi connectivity index (χ1) is 8.45. The summed E-state index contributed by atoms with van der Waals surface area (Å²) < 4.78 is 5.31. The molecular formula is C14H23ClN2O2. The molecule has 0 spiro atoms. The minimum Gasteiger partial charge on any atom is -0.410 e. The number of carbonyl (C=O) groups excluding carboxylic acids is 1. The number of amides is 1. The fourth-order valence-electron chi connectivity index (χ4n) is 1.44. The van der Waals surface area contributed by atoms with Crippen LogP contribution in [-0.4, -0.2) is 43.6 Å². The molecule has 0 fully saturated rings. The maximum atomic E-state index is 11.7. The van der Waals surface area contributed by atoms with Crippen molar-refractivity contribution in [2.75, 3.05) is 27.7 Å². The van der Waals surface area contributed by atoms with Gasteiger partial charge in [0.25, 0.3) is 0 Å². The molecular weight excluding hydrogens is 264 g/mol. The number of hydrogen-bond acceptors (Lipinski definition) is 3. The Hall–Kier alpha value is -1.26. The van der Waals surface area contributed by atoms with Crippen LogP contribution < -0.4 is 4.74 Å². The van der Waals surface area contributed by atoms with Gasteiger partial charge in [0.05, 0.1) is 0 Å². The van der Waals surface area contributed by atoms with E-state index in [9.17, 15) is 4.79 Å². The van der Waals surface area contributed by atoms with Gasteiger partial charge in [-0.1, -0.05) is 12.1 Å². The van der Waals surface area contributed by atoms with E-state index in [4.69, 9.17) is 4.74 Å². The molecule has 108 valence electrons. The van der Waals surface area contributed by atoms with E-state index in [2.05, 4.69) is 11.8 Å². The van der Waals surface area contributed by atoms with Crippen LogP contribution in [0.15, 0.2) is 24.3 Å². The largest absolute Gasteiger partial charge is 0.414 e. The predicted octanol–water partition coefficient (Wildman–Crippen LogP) is 3.18. The van der Waals surface area contributed by atoms with Crippen molar-refractivity contribution in [3.05, 3.63) is 29.8 Å². The molecule has 1 aromatic carbocycles. The molecule has 1 rings (SSSR count). The van der Waals surface area contributed by atoms with E-state index in [1.165, 1.54) is 4.90 Å². The standard InChI is InChI=1S/C14H22N2O2.ClH/c1-6-16(5)14(17)18-13-9-7-8-12(10-13)11(2)15(3)4;/h7-11H,6H2,1-5H3;1H/t11-;/m0./s1. The summed E-state index contributed by atoms with van der Waals surface area (Å²) in [6.45, 7) is 4.65. The number of halogens is 1. The molecule has 0 radical (unpaired) electrons. The summed E-state index contributed by atoms with van der Waals surface area (Å²) in [5, 5.41) is 0. The summed E-state index contributed by atoms with van der Waals surface area (Å²) >= 11 is 0. The van der Waals surface area contributed by atoms with Crippen LogP contribution in [0.2, 0.25) is 0 Å². The number of ether oxygens (including phenoxy) is 1. The lowest BCUT2D eigenvalue weighted by Gasteiger charge is -2.21. The van der Waals surface area contributed by atoms with Crippen LogP contribution in [-0.2, 0) is 0 Å². The summed E-state index contributed by atoms with van der Waals surface area (Å²) in [7, 11) is 5.76. The molecule has 4 nitrogen and oxygen atoms in total. The van der Waals surface area contributed by atoms with Crippen LogP contribution >= 0.6 is 12.4 Å². The maximum absolute atomic E-state index is 11.7. The highest BCUT2D eigenvalue weighted by molar-refractivity contribution is 5.85. The van der Waals surface area contributed by atoms with Crippen molar-refractivity contribution in [2.24, 2.45) is 0 Å². The van der Waals surface area contributed by atoms with Gasteiger partial charge in [-0.25, -0.2) is 4.79 Å². The molecule has 1 atom stereocenters. The van der Waals surface area contributed by atoms with E-state index in [1.54, 1.807) is 13.1 Å². The summed E-state index contributed by atoms with van der Waals surface area (Å²) in [5.74, 6) is 0.589. The first-order valence-electron chi connectivity index (χ1n) is 6.15. The summed E-state index contributed by atoms with van der Waals surface area (Å²) in [4.78, 5) is 15.3. The topological polar surface area (TPSA) is 32.8 Å². The van der Waals surface area contributed by atoms with Crippen molar-refractivity contribution >= 4 is 18.5 Å². The van der Waals surface area contributed by atoms with Crippen molar-refractivity contribution in [3.8, 4) is 5.75 Å². The fraction of sp³-hybridized carbons (Fsp3) is 0.500. The van der Waals surface area contributed by atoms with E-state index in [1.807, 2.05) is 39.2 Å². The molecule has 0 bridgehead atoms. The van der Waals surface area contributed by atoms with Gasteiger partial charge >= 0.3 is 6.09 Å². The molecule has 1 amide bonds. The second-order valence-corrected chi connectivity index (χ2v) is 4.59. The summed E-state index contributed by atoms with van der Waals surface area (Å²) in [5.41, 5.74) is 1.13. The van der Waals surface area contributed by atoms with E-state index in [0.29, 0.717) is 12.3 Å². The van der Waals surface area contributed by atoms with E-state index in [0.717, 1.165) is 5.56 Å². The average Bonchev–Trinajstić information content (AvgIpc) is 2.36. The number of benzene rings is 1. The number of rotatable bonds is 4. The Morgan fingerprint density at radius 1 is 1.32 bits per heavy atom. The lowest BCUT2D eigenvalue weighted by Crippen LogP contribution is -2.29. The zero-order valence-electron chi connectivity index (χ0n) is 12.2. The molecule has 0 heterocycles. The van der Waals surface area contributed by atoms with E-state index < -0.39 is 0 Å². The van der Waals surface area contributed by atoms with Crippen LogP contribution in [0.25, 0.3) is 0 Å². The van der Waals surface area contributed by atoms with Crippen LogP contribution in [0.4, 0.5) is 4.79 Å². The zero-order valence-corrected chi connectivity index (χ0v) is 13.0. The van der Waals surface area contributed by atoms with Crippen molar-refractivity contribution < 1.29 is 9.53 Å². The molecule has 0 aliphatic heterocycles. The average molecular weight is 287 g/mol. The highest BCUT2D eigenvalue weighted by Gasteiger charge is 2.12. The maximum Gasteiger partial charge on any atom is 0.414 e. The van der Waals surface area contributed by atoms with Gasteiger partial charge in [-0.3, -0.25) is 0 Å². The third kappa shape index (κ3) is 5.09. The molecule has 0 saturated heterocycles. The van der Waals surface area contributed by atoms with Gasteiger partial charge in [0.2, 0.25) is 0 Å². The Morgan fingerprint density at radius 3 is 2.47 bits per heavy atom. The molecule has 5 heteroatoms. The van der Waals surface area contributed by atoms with Gasteiger partial charge in [0.15, 0.2) is 0 Å². The Balaban J connectivity index is 0.00000324. The molecule has 0 aliphatic rings. The van der Waals surface area contributed by atoms with Gasteiger partial charge in [0.1, 0.15) is 5.75 Å². The first-order valence-corrected chi connectivity index (χ1v) is 6.15. The Morgan fingerprint density at radius 2 is 1.95 bits per heavy atom. The van der Waals surface area contributed by atoms with Gasteiger partial charge in [0, 0.05) is 19.6 Å². The minimum absolute atomic E-state index is 0. The van der Waals surface area contributed by atoms with Gasteiger partial charge in [-0.2, -0.15) is 0 Å². The van der Waals surface area contributed by atoms with Gasteiger partial charge in [-0.15, -0.1) is 12.4 Å². The van der Waals surface area contributed by atoms with E-state index in [-0.39, 0.29) is 24.5 Å². The predicted molar refractivity (Wildman–Crippen MR) is 80.1 cm³/mol. The van der Waals surface area contributed by atoms with Crippen molar-refractivity contribution in [2.45, 2.75) is 19.9 Å². The van der Waals surface area contributed by atoms with Crippen LogP contribution in [0.5, 0.6) is 5.75 Å². The van der Waals surface area contributed by atoms with Crippen LogP contribution in [0.3, 0.4) is 0 Å². The molecule has 0 aliphatic carbocycles. The zero-order chi connectivity index (χ0) is 13.7. The van der Waals surface area contributed by atoms with Gasteiger partial charge in [-0.05, 0) is 45.6 Å². The minimum atomic E-state index is -0.327. The summed E-state index contributed by atoms with van der Waals surface area (Å²) in [6.07, 6.45) is -0.327. The van der Waals surface area contributed by atoms with Crippen molar-refractivity contribution in [1.82, 2.24) is 9.80 Å². The smallest absolute Gasteiger partial charge is 0.410 e. The second kappa shape index (κ2) is 8.02. The van der Waals surface area contributed by atoms with E-state index >= 15 is 0 Å². The normalized spacial score (nSPS) is 11.7. The molecule has 19 heavy (non-hydrogen) atoms. The number of hydrogen-bond donors (Lipinski definition) is 0. The third-order valence-corrected chi connectivity index (χ3v) is 3.11. The Labute approximate surface area is 121 Å². The Kier molecular flexibility index (Phi) is 7.49. The Bertz CT molecular complexity index is 410. The lowest BCUT2D eigenvalue weighted by atomic mass is 10.1. The SMILES string of the molecule is CCN(C)C(=O)Oc1cccc([C@H](C)N(C)C)c1.Cl. The van der Waals surface area contributed by atoms with Crippen molar-refractivity contribution in [3.63, 3.8) is 0 Å². The molecule has 0 aromatic heterocycles. The second-order valence-electron chi connectivity index (χ2n) is 4.59. The molecule has 1 aromatic rings. The number of carbonyl (C=O) groups is 1. The summed E-state index contributed by atoms with van der Waals surface area (Å²) in [6, 6.07) is 7.93. The lowest BCUT2D eigenvalue weighted by molar-refractivity contribution is 0.165. The number of nitrogens with zero attached hydrogens (tertiary/aromatic N) is 2. The molecule has 0 saturated carbocycles. The fourth-order valence-corrected chi connectivity index (χ4v) is 1.44. The quantitative estimate of drug-likeness (QED) is 0.852. The third-order valence-electron chi connectivity index (χ3n) is 3.11. The highest BCUT2D eigenvalue weighted by Crippen LogP contribution is 2.22. The van der Waals surface area contributed by atoms with Crippen LogP contribution in [0, 0.1) is 0 Å². The molecule has 0 N–H and O–H groups in total. The van der Waals surface area contributed by atoms with Gasteiger partial charge < -0.3 is 14.5 Å². The monoisotopic (exact) mass is 286 g/mol. The molecule has 0 unspecified atom stereocenters. The van der Waals surface area contributed by atoms with Crippen molar-refractivity contribution in [1.29, 1.82) is 0 Å².